The van der Waals surface area contributed by atoms with Crippen LogP contribution in [0, 0.1) is 0 Å². The summed E-state index contributed by atoms with van der Waals surface area (Å²) in [4.78, 5) is 0. The van der Waals surface area contributed by atoms with Gasteiger partial charge in [0.25, 0.3) is 10.2 Å². The smallest absolute Gasteiger partial charge is 0.278 e. The van der Waals surface area contributed by atoms with E-state index >= 15 is 0 Å². The summed E-state index contributed by atoms with van der Waals surface area (Å²) in [5.74, 6) is 0. The number of benzene rings is 1. The van der Waals surface area contributed by atoms with Gasteiger partial charge in [-0.1, -0.05) is 19.1 Å². The molecule has 7 heteroatoms. The quantitative estimate of drug-likeness (QED) is 0.763. The number of H-pyrrole nitrogens is 1. The molecule has 0 fully saturated rings. The lowest BCUT2D eigenvalue weighted by Gasteiger charge is -2.08. The van der Waals surface area contributed by atoms with E-state index in [1.165, 1.54) is 0 Å². The number of hydrogen-bond acceptors (Lipinski definition) is 3. The van der Waals surface area contributed by atoms with Crippen molar-refractivity contribution in [2.45, 2.75) is 6.92 Å². The summed E-state index contributed by atoms with van der Waals surface area (Å²) in [6.45, 7) is 2.07. The van der Waals surface area contributed by atoms with Crippen molar-refractivity contribution >= 4 is 15.9 Å². The first-order valence-electron chi connectivity index (χ1n) is 5.48. The number of rotatable bonds is 5. The summed E-state index contributed by atoms with van der Waals surface area (Å²) in [7, 11) is -3.47. The van der Waals surface area contributed by atoms with Gasteiger partial charge in [0.15, 0.2) is 0 Å². The third-order valence-electron chi connectivity index (χ3n) is 2.28. The van der Waals surface area contributed by atoms with E-state index in [4.69, 9.17) is 0 Å². The fraction of sp³-hybridized carbons (Fsp3) is 0.182. The number of aromatic amines is 1. The Hall–Kier alpha value is -1.86. The molecule has 1 aromatic heterocycles. The molecule has 18 heavy (non-hydrogen) atoms. The van der Waals surface area contributed by atoms with Crippen LogP contribution < -0.4 is 9.44 Å². The Labute approximate surface area is 106 Å². The highest BCUT2D eigenvalue weighted by molar-refractivity contribution is 7.90. The lowest BCUT2D eigenvalue weighted by Crippen LogP contribution is -2.29. The van der Waals surface area contributed by atoms with Crippen LogP contribution in [0.2, 0.25) is 0 Å². The molecule has 0 spiro atoms. The molecule has 0 aliphatic heterocycles. The second-order valence-electron chi connectivity index (χ2n) is 3.65. The molecular formula is C11H14N4O2S. The van der Waals surface area contributed by atoms with Gasteiger partial charge in [-0.05, 0) is 23.8 Å². The van der Waals surface area contributed by atoms with Crippen LogP contribution in [0.25, 0.3) is 11.3 Å². The van der Waals surface area contributed by atoms with Gasteiger partial charge in [0, 0.05) is 18.4 Å². The molecule has 0 saturated carbocycles. The molecule has 0 bridgehead atoms. The number of aromatic nitrogens is 2. The van der Waals surface area contributed by atoms with Crippen LogP contribution >= 0.6 is 0 Å². The van der Waals surface area contributed by atoms with Crippen molar-refractivity contribution in [1.82, 2.24) is 14.9 Å². The Morgan fingerprint density at radius 3 is 2.50 bits per heavy atom. The first kappa shape index (κ1) is 12.6. The third kappa shape index (κ3) is 3.08. The summed E-state index contributed by atoms with van der Waals surface area (Å²) in [5, 5.41) is 6.70. The van der Waals surface area contributed by atoms with E-state index in [9.17, 15) is 8.42 Å². The fourth-order valence-corrected chi connectivity index (χ4v) is 2.41. The van der Waals surface area contributed by atoms with Crippen LogP contribution in [-0.4, -0.2) is 25.2 Å². The lowest BCUT2D eigenvalue weighted by atomic mass is 10.1. The zero-order valence-corrected chi connectivity index (χ0v) is 10.7. The minimum atomic E-state index is -3.47. The minimum absolute atomic E-state index is 0.349. The Balaban J connectivity index is 2.14. The molecule has 3 N–H and O–H groups in total. The number of nitrogens with one attached hydrogen (secondary N) is 3. The standard InChI is InChI=1S/C11H14N4O2S/c1-2-13-18(16,17)15-10-5-3-9(4-6-10)11-7-8-12-14-11/h3-8,13,15H,2H2,1H3,(H,12,14). The van der Waals surface area contributed by atoms with Crippen LogP contribution in [0.1, 0.15) is 6.92 Å². The molecule has 2 rings (SSSR count). The van der Waals surface area contributed by atoms with Gasteiger partial charge in [0.05, 0.1) is 5.69 Å². The van der Waals surface area contributed by atoms with Crippen molar-refractivity contribution in [2.75, 3.05) is 11.3 Å². The zero-order chi connectivity index (χ0) is 13.0. The van der Waals surface area contributed by atoms with Crippen molar-refractivity contribution in [2.24, 2.45) is 0 Å². The number of nitrogens with zero attached hydrogens (tertiary/aromatic N) is 1. The topological polar surface area (TPSA) is 86.9 Å². The van der Waals surface area contributed by atoms with Crippen molar-refractivity contribution in [1.29, 1.82) is 0 Å². The van der Waals surface area contributed by atoms with E-state index in [1.807, 2.05) is 18.2 Å². The van der Waals surface area contributed by atoms with Crippen LogP contribution in [0.4, 0.5) is 5.69 Å². The Morgan fingerprint density at radius 2 is 1.94 bits per heavy atom. The molecule has 0 amide bonds. The summed E-state index contributed by atoms with van der Waals surface area (Å²) < 4.78 is 27.7. The van der Waals surface area contributed by atoms with Gasteiger partial charge in [-0.3, -0.25) is 9.82 Å². The maximum Gasteiger partial charge on any atom is 0.299 e. The van der Waals surface area contributed by atoms with Crippen molar-refractivity contribution < 1.29 is 8.42 Å². The third-order valence-corrected chi connectivity index (χ3v) is 3.46. The normalized spacial score (nSPS) is 11.4. The van der Waals surface area contributed by atoms with Crippen LogP contribution in [0.5, 0.6) is 0 Å². The van der Waals surface area contributed by atoms with E-state index in [0.29, 0.717) is 12.2 Å². The molecule has 1 aromatic carbocycles. The van der Waals surface area contributed by atoms with Gasteiger partial charge in [-0.15, -0.1) is 0 Å². The molecule has 6 nitrogen and oxygen atoms in total. The predicted molar refractivity (Wildman–Crippen MR) is 70.2 cm³/mol. The van der Waals surface area contributed by atoms with E-state index in [1.54, 1.807) is 25.3 Å². The summed E-state index contributed by atoms with van der Waals surface area (Å²) >= 11 is 0. The highest BCUT2D eigenvalue weighted by Crippen LogP contribution is 2.19. The van der Waals surface area contributed by atoms with E-state index in [0.717, 1.165) is 11.3 Å². The van der Waals surface area contributed by atoms with Crippen LogP contribution in [0.15, 0.2) is 36.5 Å². The summed E-state index contributed by atoms with van der Waals surface area (Å²) in [6.07, 6.45) is 1.66. The van der Waals surface area contributed by atoms with Gasteiger partial charge < -0.3 is 0 Å². The molecule has 0 aliphatic rings. The molecule has 1 heterocycles. The molecule has 0 radical (unpaired) electrons. The van der Waals surface area contributed by atoms with Crippen LogP contribution in [-0.2, 0) is 10.2 Å². The van der Waals surface area contributed by atoms with Crippen LogP contribution in [0.3, 0.4) is 0 Å². The molecule has 0 atom stereocenters. The average molecular weight is 266 g/mol. The molecule has 2 aromatic rings. The highest BCUT2D eigenvalue weighted by atomic mass is 32.2. The van der Waals surface area contributed by atoms with Gasteiger partial charge in [-0.2, -0.15) is 18.2 Å². The monoisotopic (exact) mass is 266 g/mol. The first-order valence-corrected chi connectivity index (χ1v) is 6.96. The first-order chi connectivity index (χ1) is 8.61. The van der Waals surface area contributed by atoms with Crippen molar-refractivity contribution in [3.05, 3.63) is 36.5 Å². The van der Waals surface area contributed by atoms with Crippen molar-refractivity contribution in [3.8, 4) is 11.3 Å². The van der Waals surface area contributed by atoms with Gasteiger partial charge in [-0.25, -0.2) is 0 Å². The molecule has 0 aliphatic carbocycles. The molecular weight excluding hydrogens is 252 g/mol. The van der Waals surface area contributed by atoms with E-state index in [2.05, 4.69) is 19.6 Å². The Bertz CT molecular complexity index is 590. The number of hydrogen-bond donors (Lipinski definition) is 3. The van der Waals surface area contributed by atoms with E-state index < -0.39 is 10.2 Å². The molecule has 0 saturated heterocycles. The lowest BCUT2D eigenvalue weighted by molar-refractivity contribution is 0.589. The predicted octanol–water partition coefficient (Wildman–Crippen LogP) is 1.34. The second-order valence-corrected chi connectivity index (χ2v) is 5.15. The summed E-state index contributed by atoms with van der Waals surface area (Å²) in [5.41, 5.74) is 2.34. The summed E-state index contributed by atoms with van der Waals surface area (Å²) in [6, 6.07) is 8.88. The minimum Gasteiger partial charge on any atom is -0.278 e. The SMILES string of the molecule is CCNS(=O)(=O)Nc1ccc(-c2ccn[nH]2)cc1. The maximum absolute atomic E-state index is 11.5. The Morgan fingerprint density at radius 1 is 1.22 bits per heavy atom. The molecule has 96 valence electrons. The van der Waals surface area contributed by atoms with E-state index in [-0.39, 0.29) is 0 Å². The number of anilines is 1. The molecule has 0 unspecified atom stereocenters. The second kappa shape index (κ2) is 5.19. The van der Waals surface area contributed by atoms with Gasteiger partial charge in [0.1, 0.15) is 0 Å². The zero-order valence-electron chi connectivity index (χ0n) is 9.84. The largest absolute Gasteiger partial charge is 0.299 e. The maximum atomic E-state index is 11.5. The van der Waals surface area contributed by atoms with Gasteiger partial charge in [0.2, 0.25) is 0 Å². The van der Waals surface area contributed by atoms with Gasteiger partial charge >= 0.3 is 0 Å². The average Bonchev–Trinajstić information content (AvgIpc) is 2.82. The van der Waals surface area contributed by atoms with Crippen molar-refractivity contribution in [3.63, 3.8) is 0 Å². The Kier molecular flexibility index (Phi) is 3.63. The fourth-order valence-electron chi connectivity index (χ4n) is 1.52. The highest BCUT2D eigenvalue weighted by Gasteiger charge is 2.07.